The van der Waals surface area contributed by atoms with Crippen LogP contribution in [-0.2, 0) is 10.0 Å². The van der Waals surface area contributed by atoms with E-state index in [9.17, 15) is 8.42 Å². The van der Waals surface area contributed by atoms with Crippen LogP contribution in [0.1, 0.15) is 32.6 Å². The Morgan fingerprint density at radius 3 is 2.76 bits per heavy atom. The number of thiophene rings is 1. The van der Waals surface area contributed by atoms with Gasteiger partial charge in [0.1, 0.15) is 9.23 Å². The van der Waals surface area contributed by atoms with Crippen molar-refractivity contribution in [2.45, 2.75) is 43.5 Å². The molecule has 0 saturated carbocycles. The molecule has 2 rings (SSSR count). The monoisotopic (exact) mass is 370 g/mol. The molecule has 120 valence electrons. The van der Waals surface area contributed by atoms with E-state index in [1.165, 1.54) is 6.07 Å². The van der Waals surface area contributed by atoms with Crippen LogP contribution in [0.4, 0.5) is 0 Å². The van der Waals surface area contributed by atoms with Crippen molar-refractivity contribution in [1.82, 2.24) is 9.62 Å². The smallest absolute Gasteiger partial charge is 0.245 e. The molecular weight excluding hydrogens is 351 g/mol. The average molecular weight is 371 g/mol. The third kappa shape index (κ3) is 4.33. The van der Waals surface area contributed by atoms with E-state index < -0.39 is 10.0 Å². The molecule has 0 spiro atoms. The van der Waals surface area contributed by atoms with Gasteiger partial charge in [-0.2, -0.15) is 4.31 Å². The van der Waals surface area contributed by atoms with Gasteiger partial charge in [0.25, 0.3) is 0 Å². The Morgan fingerprint density at radius 1 is 1.48 bits per heavy atom. The molecule has 4 nitrogen and oxygen atoms in total. The van der Waals surface area contributed by atoms with Crippen molar-refractivity contribution in [1.29, 1.82) is 0 Å². The fourth-order valence-electron chi connectivity index (χ4n) is 2.44. The van der Waals surface area contributed by atoms with Crippen molar-refractivity contribution in [2.75, 3.05) is 19.6 Å². The molecule has 0 bridgehead atoms. The summed E-state index contributed by atoms with van der Waals surface area (Å²) in [5.41, 5.74) is 0. The van der Waals surface area contributed by atoms with E-state index in [0.29, 0.717) is 17.4 Å². The van der Waals surface area contributed by atoms with Crippen LogP contribution in [0.5, 0.6) is 0 Å². The zero-order valence-corrected chi connectivity index (χ0v) is 15.1. The molecule has 1 fully saturated rings. The summed E-state index contributed by atoms with van der Waals surface area (Å²) >= 11 is 13.0. The van der Waals surface area contributed by atoms with E-state index in [1.807, 2.05) is 6.92 Å². The lowest BCUT2D eigenvalue weighted by Crippen LogP contribution is -2.41. The predicted octanol–water partition coefficient (Wildman–Crippen LogP) is 3.60. The first kappa shape index (κ1) is 17.5. The normalized spacial score (nSPS) is 19.5. The van der Waals surface area contributed by atoms with Gasteiger partial charge >= 0.3 is 0 Å². The van der Waals surface area contributed by atoms with Crippen molar-refractivity contribution >= 4 is 44.6 Å². The lowest BCUT2D eigenvalue weighted by atomic mass is 10.2. The fourth-order valence-corrected chi connectivity index (χ4v) is 6.08. The summed E-state index contributed by atoms with van der Waals surface area (Å²) in [6.45, 7) is 4.01. The first-order valence-electron chi connectivity index (χ1n) is 7.13. The van der Waals surface area contributed by atoms with E-state index in [1.54, 1.807) is 4.31 Å². The SMILES string of the molecule is CCCCN(CC1CCCN1)S(=O)(=O)c1cc(Cl)sc1Cl. The first-order chi connectivity index (χ1) is 9.95. The van der Waals surface area contributed by atoms with Gasteiger partial charge in [0.15, 0.2) is 0 Å². The third-order valence-electron chi connectivity index (χ3n) is 3.59. The van der Waals surface area contributed by atoms with Crippen molar-refractivity contribution in [2.24, 2.45) is 0 Å². The summed E-state index contributed by atoms with van der Waals surface area (Å²) in [7, 11) is -3.58. The highest BCUT2D eigenvalue weighted by atomic mass is 35.5. The molecule has 8 heteroatoms. The molecule has 2 heterocycles. The van der Waals surface area contributed by atoms with Gasteiger partial charge < -0.3 is 5.32 Å². The van der Waals surface area contributed by atoms with Crippen LogP contribution in [0.25, 0.3) is 0 Å². The number of hydrogen-bond donors (Lipinski definition) is 1. The van der Waals surface area contributed by atoms with Crippen molar-refractivity contribution in [3.05, 3.63) is 14.7 Å². The van der Waals surface area contributed by atoms with Crippen molar-refractivity contribution in [3.8, 4) is 0 Å². The minimum Gasteiger partial charge on any atom is -0.313 e. The number of unbranched alkanes of at least 4 members (excludes halogenated alkanes) is 1. The molecule has 1 unspecified atom stereocenters. The maximum absolute atomic E-state index is 12.8. The number of sulfonamides is 1. The molecular formula is C13H20Cl2N2O2S2. The summed E-state index contributed by atoms with van der Waals surface area (Å²) in [6.07, 6.45) is 3.89. The van der Waals surface area contributed by atoms with E-state index in [-0.39, 0.29) is 15.3 Å². The maximum Gasteiger partial charge on any atom is 0.245 e. The number of nitrogens with one attached hydrogen (secondary N) is 1. The molecule has 21 heavy (non-hydrogen) atoms. The predicted molar refractivity (Wildman–Crippen MR) is 89.0 cm³/mol. The highest BCUT2D eigenvalue weighted by Gasteiger charge is 2.30. The molecule has 0 amide bonds. The second kappa shape index (κ2) is 7.62. The van der Waals surface area contributed by atoms with Gasteiger partial charge in [0, 0.05) is 19.1 Å². The van der Waals surface area contributed by atoms with E-state index in [2.05, 4.69) is 5.32 Å². The minimum atomic E-state index is -3.58. The number of hydrogen-bond acceptors (Lipinski definition) is 4. The fraction of sp³-hybridized carbons (Fsp3) is 0.692. The van der Waals surface area contributed by atoms with Crippen LogP contribution in [0.3, 0.4) is 0 Å². The average Bonchev–Trinajstić information content (AvgIpc) is 3.04. The van der Waals surface area contributed by atoms with Gasteiger partial charge in [-0.25, -0.2) is 8.42 Å². The van der Waals surface area contributed by atoms with Crippen LogP contribution in [0.15, 0.2) is 11.0 Å². The van der Waals surface area contributed by atoms with Crippen molar-refractivity contribution < 1.29 is 8.42 Å². The van der Waals surface area contributed by atoms with Gasteiger partial charge in [-0.15, -0.1) is 11.3 Å². The van der Waals surface area contributed by atoms with Gasteiger partial charge in [-0.05, 0) is 31.9 Å². The van der Waals surface area contributed by atoms with E-state index in [0.717, 1.165) is 43.6 Å². The summed E-state index contributed by atoms with van der Waals surface area (Å²) in [5, 5.41) is 3.34. The largest absolute Gasteiger partial charge is 0.313 e. The molecule has 1 aromatic rings. The Balaban J connectivity index is 2.22. The molecule has 1 aromatic heterocycles. The molecule has 0 radical (unpaired) electrons. The molecule has 1 N–H and O–H groups in total. The number of nitrogens with zero attached hydrogens (tertiary/aromatic N) is 1. The Labute approximate surface area is 140 Å². The molecule has 0 aromatic carbocycles. The van der Waals surface area contributed by atoms with Crippen LogP contribution < -0.4 is 5.32 Å². The lowest BCUT2D eigenvalue weighted by molar-refractivity contribution is 0.364. The highest BCUT2D eigenvalue weighted by Crippen LogP contribution is 2.36. The second-order valence-corrected chi connectivity index (χ2v) is 9.39. The van der Waals surface area contributed by atoms with E-state index >= 15 is 0 Å². The highest BCUT2D eigenvalue weighted by molar-refractivity contribution is 7.89. The summed E-state index contributed by atoms with van der Waals surface area (Å²) < 4.78 is 27.8. The molecule has 1 aliphatic heterocycles. The standard InChI is InChI=1S/C13H20Cl2N2O2S2/c1-2-3-7-17(9-10-5-4-6-16-10)21(18,19)11-8-12(14)20-13(11)15/h8,10,16H,2-7,9H2,1H3. The van der Waals surface area contributed by atoms with Gasteiger partial charge in [0.2, 0.25) is 10.0 Å². The summed E-state index contributed by atoms with van der Waals surface area (Å²) in [4.78, 5) is 0.133. The quantitative estimate of drug-likeness (QED) is 0.797. The van der Waals surface area contributed by atoms with E-state index in [4.69, 9.17) is 23.2 Å². The maximum atomic E-state index is 12.8. The Morgan fingerprint density at radius 2 is 2.24 bits per heavy atom. The van der Waals surface area contributed by atoms with Crippen LogP contribution in [0.2, 0.25) is 8.67 Å². The molecule has 1 saturated heterocycles. The molecule has 1 aliphatic rings. The Hall–Kier alpha value is 0.150. The Kier molecular flexibility index (Phi) is 6.35. The van der Waals surface area contributed by atoms with Gasteiger partial charge in [-0.1, -0.05) is 36.5 Å². The second-order valence-electron chi connectivity index (χ2n) is 5.20. The lowest BCUT2D eigenvalue weighted by Gasteiger charge is -2.25. The molecule has 0 aliphatic carbocycles. The van der Waals surface area contributed by atoms with Crippen LogP contribution >= 0.6 is 34.5 Å². The molecule has 1 atom stereocenters. The van der Waals surface area contributed by atoms with Crippen LogP contribution in [-0.4, -0.2) is 38.4 Å². The summed E-state index contributed by atoms with van der Waals surface area (Å²) in [6, 6.07) is 1.68. The zero-order chi connectivity index (χ0) is 15.5. The number of halogens is 2. The topological polar surface area (TPSA) is 49.4 Å². The third-order valence-corrected chi connectivity index (χ3v) is 7.21. The van der Waals surface area contributed by atoms with Crippen LogP contribution in [0, 0.1) is 0 Å². The Bertz CT molecular complexity index is 569. The minimum absolute atomic E-state index is 0.133. The first-order valence-corrected chi connectivity index (χ1v) is 10.1. The van der Waals surface area contributed by atoms with Gasteiger partial charge in [0.05, 0.1) is 4.34 Å². The summed E-state index contributed by atoms with van der Waals surface area (Å²) in [5.74, 6) is 0. The zero-order valence-electron chi connectivity index (χ0n) is 11.9. The van der Waals surface area contributed by atoms with Gasteiger partial charge in [-0.3, -0.25) is 0 Å². The van der Waals surface area contributed by atoms with Crippen molar-refractivity contribution in [3.63, 3.8) is 0 Å². The number of rotatable bonds is 7.